The maximum Gasteiger partial charge on any atom is 0.295 e. The van der Waals surface area contributed by atoms with Gasteiger partial charge in [0.15, 0.2) is 0 Å². The van der Waals surface area contributed by atoms with Crippen LogP contribution in [0.25, 0.3) is 5.76 Å². The average molecular weight is 488 g/mol. The monoisotopic (exact) mass is 487 g/mol. The minimum Gasteiger partial charge on any atom is -0.507 e. The number of hydrogen-bond donors (Lipinski definition) is 1. The Morgan fingerprint density at radius 1 is 0.944 bits per heavy atom. The maximum atomic E-state index is 13.1. The van der Waals surface area contributed by atoms with E-state index < -0.39 is 17.7 Å². The molecule has 1 aliphatic heterocycles. The number of ketones is 1. The second-order valence-corrected chi connectivity index (χ2v) is 8.56. The summed E-state index contributed by atoms with van der Waals surface area (Å²) in [6.07, 6.45) is 0. The van der Waals surface area contributed by atoms with Crippen molar-refractivity contribution in [1.82, 2.24) is 4.90 Å². The lowest BCUT2D eigenvalue weighted by Crippen LogP contribution is -2.32. The summed E-state index contributed by atoms with van der Waals surface area (Å²) in [7, 11) is 3.09. The van der Waals surface area contributed by atoms with E-state index in [4.69, 9.17) is 14.2 Å². The van der Waals surface area contributed by atoms with Crippen molar-refractivity contribution in [2.24, 2.45) is 0 Å². The van der Waals surface area contributed by atoms with Gasteiger partial charge in [-0.25, -0.2) is 0 Å². The molecular formula is C29H29NO6. The zero-order valence-electron chi connectivity index (χ0n) is 20.6. The Hall–Kier alpha value is -4.10. The first-order chi connectivity index (χ1) is 17.4. The Morgan fingerprint density at radius 3 is 2.28 bits per heavy atom. The number of aliphatic hydroxyl groups is 1. The number of aliphatic hydroxyl groups excluding tert-OH is 1. The summed E-state index contributed by atoms with van der Waals surface area (Å²) in [5, 5.41) is 11.2. The molecule has 1 N–H and O–H groups in total. The SMILES string of the molecule is COCCN1C(=O)C(=O)C(=C(O)c2ccc(OCc3cccc(C)c3)cc2)[C@H]1c1ccc(OC)cc1. The number of benzene rings is 3. The highest BCUT2D eigenvalue weighted by molar-refractivity contribution is 6.46. The van der Waals surface area contributed by atoms with E-state index in [0.29, 0.717) is 29.2 Å². The molecular weight excluding hydrogens is 458 g/mol. The summed E-state index contributed by atoms with van der Waals surface area (Å²) in [5.74, 6) is -0.370. The molecule has 36 heavy (non-hydrogen) atoms. The van der Waals surface area contributed by atoms with Gasteiger partial charge in [-0.15, -0.1) is 0 Å². The van der Waals surface area contributed by atoms with Gasteiger partial charge in [0.2, 0.25) is 0 Å². The van der Waals surface area contributed by atoms with Gasteiger partial charge in [0.1, 0.15) is 23.9 Å². The van der Waals surface area contributed by atoms with E-state index in [2.05, 4.69) is 6.07 Å². The first-order valence-corrected chi connectivity index (χ1v) is 11.6. The topological polar surface area (TPSA) is 85.3 Å². The normalized spacial score (nSPS) is 16.9. The molecule has 0 saturated carbocycles. The van der Waals surface area contributed by atoms with Crippen LogP contribution in [0.3, 0.4) is 0 Å². The van der Waals surface area contributed by atoms with Crippen LogP contribution < -0.4 is 9.47 Å². The average Bonchev–Trinajstić information content (AvgIpc) is 3.15. The summed E-state index contributed by atoms with van der Waals surface area (Å²) < 4.78 is 16.2. The van der Waals surface area contributed by atoms with Crippen LogP contribution in [-0.4, -0.2) is 49.1 Å². The highest BCUT2D eigenvalue weighted by Gasteiger charge is 2.45. The van der Waals surface area contributed by atoms with E-state index in [-0.39, 0.29) is 24.5 Å². The summed E-state index contributed by atoms with van der Waals surface area (Å²) >= 11 is 0. The molecule has 7 nitrogen and oxygen atoms in total. The van der Waals surface area contributed by atoms with E-state index in [1.54, 1.807) is 55.6 Å². The van der Waals surface area contributed by atoms with E-state index in [1.807, 2.05) is 25.1 Å². The highest BCUT2D eigenvalue weighted by Crippen LogP contribution is 2.39. The first kappa shape index (κ1) is 25.0. The molecule has 1 amide bonds. The minimum absolute atomic E-state index is 0.0368. The molecule has 7 heteroatoms. The van der Waals surface area contributed by atoms with E-state index in [9.17, 15) is 14.7 Å². The lowest BCUT2D eigenvalue weighted by atomic mass is 9.95. The van der Waals surface area contributed by atoms with Crippen LogP contribution in [0.1, 0.15) is 28.3 Å². The number of amides is 1. The van der Waals surface area contributed by atoms with Gasteiger partial charge in [0.25, 0.3) is 11.7 Å². The van der Waals surface area contributed by atoms with Crippen molar-refractivity contribution in [3.63, 3.8) is 0 Å². The molecule has 0 bridgehead atoms. The van der Waals surface area contributed by atoms with Gasteiger partial charge in [0.05, 0.1) is 25.3 Å². The lowest BCUT2D eigenvalue weighted by molar-refractivity contribution is -0.140. The Morgan fingerprint density at radius 2 is 1.64 bits per heavy atom. The molecule has 0 aromatic heterocycles. The van der Waals surface area contributed by atoms with E-state index in [0.717, 1.165) is 11.1 Å². The Kier molecular flexibility index (Phi) is 7.71. The molecule has 186 valence electrons. The van der Waals surface area contributed by atoms with Crippen molar-refractivity contribution in [1.29, 1.82) is 0 Å². The summed E-state index contributed by atoms with van der Waals surface area (Å²) in [4.78, 5) is 27.4. The third-order valence-corrected chi connectivity index (χ3v) is 6.12. The smallest absolute Gasteiger partial charge is 0.295 e. The zero-order chi connectivity index (χ0) is 25.7. The van der Waals surface area contributed by atoms with Crippen LogP contribution in [0.5, 0.6) is 11.5 Å². The van der Waals surface area contributed by atoms with E-state index in [1.165, 1.54) is 12.0 Å². The second-order valence-electron chi connectivity index (χ2n) is 8.56. The van der Waals surface area contributed by atoms with E-state index >= 15 is 0 Å². The van der Waals surface area contributed by atoms with Gasteiger partial charge >= 0.3 is 0 Å². The fourth-order valence-electron chi connectivity index (χ4n) is 4.27. The molecule has 1 saturated heterocycles. The Labute approximate surface area is 210 Å². The fourth-order valence-corrected chi connectivity index (χ4v) is 4.27. The Bertz CT molecular complexity index is 1260. The minimum atomic E-state index is -0.747. The maximum absolute atomic E-state index is 13.1. The largest absolute Gasteiger partial charge is 0.507 e. The number of nitrogens with zero attached hydrogens (tertiary/aromatic N) is 1. The van der Waals surface area contributed by atoms with Crippen molar-refractivity contribution in [2.75, 3.05) is 27.4 Å². The highest BCUT2D eigenvalue weighted by atomic mass is 16.5. The summed E-state index contributed by atoms with van der Waals surface area (Å²) in [6.45, 7) is 2.90. The second kappa shape index (κ2) is 11.1. The third kappa shape index (κ3) is 5.26. The quantitative estimate of drug-likeness (QED) is 0.269. The van der Waals surface area contributed by atoms with Crippen LogP contribution >= 0.6 is 0 Å². The lowest BCUT2D eigenvalue weighted by Gasteiger charge is -2.25. The number of aryl methyl sites for hydroxylation is 1. The van der Waals surface area contributed by atoms with Crippen molar-refractivity contribution < 1.29 is 28.9 Å². The number of carbonyl (C=O) groups is 2. The van der Waals surface area contributed by atoms with Gasteiger partial charge in [-0.2, -0.15) is 0 Å². The molecule has 1 fully saturated rings. The number of methoxy groups -OCH3 is 2. The molecule has 0 unspecified atom stereocenters. The standard InChI is InChI=1S/C29H29NO6/c1-19-5-4-6-20(17-19)18-36-24-13-9-22(10-14-24)27(31)25-26(21-7-11-23(35-3)12-8-21)30(15-16-34-2)29(33)28(25)32/h4-14,17,26,31H,15-16,18H2,1-3H3/t26-/m1/s1. The zero-order valence-corrected chi connectivity index (χ0v) is 20.6. The fraction of sp³-hybridized carbons (Fsp3) is 0.241. The number of hydrogen-bond acceptors (Lipinski definition) is 6. The van der Waals surface area contributed by atoms with Gasteiger partial charge in [-0.05, 0) is 54.4 Å². The number of carbonyl (C=O) groups excluding carboxylic acids is 2. The molecule has 4 rings (SSSR count). The molecule has 0 aliphatic carbocycles. The molecule has 0 radical (unpaired) electrons. The van der Waals surface area contributed by atoms with Crippen LogP contribution in [0, 0.1) is 6.92 Å². The number of ether oxygens (including phenoxy) is 3. The van der Waals surface area contributed by atoms with Crippen LogP contribution in [0.4, 0.5) is 0 Å². The third-order valence-electron chi connectivity index (χ3n) is 6.12. The molecule has 1 heterocycles. The molecule has 1 aliphatic rings. The van der Waals surface area contributed by atoms with Crippen LogP contribution in [0.15, 0.2) is 78.4 Å². The molecule has 3 aromatic carbocycles. The molecule has 3 aromatic rings. The molecule has 0 spiro atoms. The predicted octanol–water partition coefficient (Wildman–Crippen LogP) is 4.65. The first-order valence-electron chi connectivity index (χ1n) is 11.6. The number of rotatable bonds is 9. The summed E-state index contributed by atoms with van der Waals surface area (Å²) in [5.41, 5.74) is 3.35. The van der Waals surface area contributed by atoms with Crippen molar-refractivity contribution in [3.05, 3.63) is 101 Å². The van der Waals surface area contributed by atoms with Gasteiger partial charge in [-0.3, -0.25) is 9.59 Å². The summed E-state index contributed by atoms with van der Waals surface area (Å²) in [6, 6.07) is 21.2. The predicted molar refractivity (Wildman–Crippen MR) is 136 cm³/mol. The van der Waals surface area contributed by atoms with Crippen molar-refractivity contribution in [3.8, 4) is 11.5 Å². The van der Waals surface area contributed by atoms with Crippen molar-refractivity contribution >= 4 is 17.4 Å². The van der Waals surface area contributed by atoms with Crippen LogP contribution in [-0.2, 0) is 20.9 Å². The number of likely N-dealkylation sites (tertiary alicyclic amines) is 1. The van der Waals surface area contributed by atoms with Gasteiger partial charge in [-0.1, -0.05) is 42.0 Å². The van der Waals surface area contributed by atoms with Gasteiger partial charge in [0, 0.05) is 19.2 Å². The van der Waals surface area contributed by atoms with Crippen molar-refractivity contribution in [2.45, 2.75) is 19.6 Å². The number of Topliss-reactive ketones (excluding diaryl/α,β-unsaturated/α-hetero) is 1. The molecule has 1 atom stereocenters. The Balaban J connectivity index is 1.64. The van der Waals surface area contributed by atoms with Crippen LogP contribution in [0.2, 0.25) is 0 Å². The van der Waals surface area contributed by atoms with Gasteiger partial charge < -0.3 is 24.2 Å².